The van der Waals surface area contributed by atoms with Gasteiger partial charge in [-0.3, -0.25) is 4.99 Å². The third-order valence-corrected chi connectivity index (χ3v) is 5.08. The number of aromatic nitrogens is 1. The Morgan fingerprint density at radius 2 is 1.83 bits per heavy atom. The number of nitrogens with zero attached hydrogens (tertiary/aromatic N) is 2. The van der Waals surface area contributed by atoms with Crippen molar-refractivity contribution in [1.82, 2.24) is 15.6 Å². The third kappa shape index (κ3) is 6.31. The van der Waals surface area contributed by atoms with Crippen LogP contribution < -0.4 is 10.6 Å². The fraction of sp³-hybridized carbons (Fsp3) is 0.375. The molecule has 2 N–H and O–H groups in total. The predicted molar refractivity (Wildman–Crippen MR) is 112 cm³/mol. The number of aliphatic imine (C=N–C) groups is 1. The summed E-state index contributed by atoms with van der Waals surface area (Å²) in [5, 5.41) is 7.78. The monoisotopic (exact) mass is 462 g/mol. The molecule has 0 fully saturated rings. The van der Waals surface area contributed by atoms with E-state index >= 15 is 0 Å². The molecule has 7 heteroatoms. The van der Waals surface area contributed by atoms with Gasteiger partial charge in [-0.1, -0.05) is 12.1 Å². The summed E-state index contributed by atoms with van der Waals surface area (Å²) < 4.78 is 0. The minimum atomic E-state index is 0. The zero-order valence-corrected chi connectivity index (χ0v) is 17.8. The van der Waals surface area contributed by atoms with Crippen LogP contribution in [0, 0.1) is 13.8 Å². The van der Waals surface area contributed by atoms with Crippen molar-refractivity contribution >= 4 is 53.0 Å². The van der Waals surface area contributed by atoms with E-state index in [0.717, 1.165) is 29.8 Å². The molecule has 0 saturated carbocycles. The summed E-state index contributed by atoms with van der Waals surface area (Å²) in [5.74, 6) is 0.805. The average molecular weight is 462 g/mol. The molecule has 0 radical (unpaired) electrons. The van der Waals surface area contributed by atoms with E-state index in [4.69, 9.17) is 0 Å². The summed E-state index contributed by atoms with van der Waals surface area (Å²) in [6.07, 6.45) is 2.09. The lowest BCUT2D eigenvalue weighted by atomic mass is 10.2. The first-order valence-electron chi connectivity index (χ1n) is 7.12. The number of aryl methyl sites for hydroxylation is 2. The minimum Gasteiger partial charge on any atom is -0.352 e. The SMILES string of the molecule is CN=C(NCc1ccc(SC)cc1)NCc1sc(C)nc1C.I. The Bertz CT molecular complexity index is 638. The molecule has 0 aliphatic carbocycles. The van der Waals surface area contributed by atoms with Crippen LogP contribution in [-0.2, 0) is 13.1 Å². The number of rotatable bonds is 5. The van der Waals surface area contributed by atoms with Gasteiger partial charge >= 0.3 is 0 Å². The van der Waals surface area contributed by atoms with Gasteiger partial charge in [0.25, 0.3) is 0 Å². The fourth-order valence-electron chi connectivity index (χ4n) is 2.05. The van der Waals surface area contributed by atoms with Crippen molar-refractivity contribution in [3.8, 4) is 0 Å². The van der Waals surface area contributed by atoms with Crippen LogP contribution in [-0.4, -0.2) is 24.2 Å². The Balaban J connectivity index is 0.00000264. The maximum absolute atomic E-state index is 4.44. The largest absolute Gasteiger partial charge is 0.352 e. The summed E-state index contributed by atoms with van der Waals surface area (Å²) in [7, 11) is 1.79. The van der Waals surface area contributed by atoms with Gasteiger partial charge < -0.3 is 10.6 Å². The van der Waals surface area contributed by atoms with Crippen LogP contribution in [0.2, 0.25) is 0 Å². The highest BCUT2D eigenvalue weighted by molar-refractivity contribution is 14.0. The van der Waals surface area contributed by atoms with Crippen molar-refractivity contribution in [1.29, 1.82) is 0 Å². The highest BCUT2D eigenvalue weighted by Crippen LogP contribution is 2.16. The van der Waals surface area contributed by atoms with Gasteiger partial charge in [0, 0.05) is 23.4 Å². The molecule has 0 saturated heterocycles. The van der Waals surface area contributed by atoms with E-state index in [2.05, 4.69) is 51.1 Å². The number of benzene rings is 1. The van der Waals surface area contributed by atoms with Crippen LogP contribution in [0.1, 0.15) is 21.1 Å². The number of nitrogens with one attached hydrogen (secondary N) is 2. The van der Waals surface area contributed by atoms with Gasteiger partial charge in [0.2, 0.25) is 0 Å². The fourth-order valence-corrected chi connectivity index (χ4v) is 3.34. The molecule has 4 nitrogen and oxygen atoms in total. The molecule has 0 bridgehead atoms. The summed E-state index contributed by atoms with van der Waals surface area (Å²) in [5.41, 5.74) is 2.34. The van der Waals surface area contributed by atoms with Gasteiger partial charge in [-0.2, -0.15) is 0 Å². The van der Waals surface area contributed by atoms with Gasteiger partial charge in [0.1, 0.15) is 0 Å². The normalized spacial score (nSPS) is 11.0. The number of guanidine groups is 1. The molecule has 1 aromatic carbocycles. The third-order valence-electron chi connectivity index (χ3n) is 3.26. The first-order valence-corrected chi connectivity index (χ1v) is 9.17. The van der Waals surface area contributed by atoms with Crippen molar-refractivity contribution in [2.75, 3.05) is 13.3 Å². The average Bonchev–Trinajstić information content (AvgIpc) is 2.86. The topological polar surface area (TPSA) is 49.3 Å². The minimum absolute atomic E-state index is 0. The first kappa shape index (κ1) is 20.2. The second-order valence-corrected chi connectivity index (χ2v) is 7.04. The van der Waals surface area contributed by atoms with E-state index in [0.29, 0.717) is 0 Å². The molecule has 2 rings (SSSR count). The zero-order chi connectivity index (χ0) is 15.9. The number of thiazole rings is 1. The number of halogens is 1. The van der Waals surface area contributed by atoms with Crippen LogP contribution in [0.5, 0.6) is 0 Å². The van der Waals surface area contributed by atoms with E-state index in [9.17, 15) is 0 Å². The molecular formula is C16H23IN4S2. The molecule has 1 aromatic heterocycles. The smallest absolute Gasteiger partial charge is 0.191 e. The number of hydrogen-bond acceptors (Lipinski definition) is 4. The molecule has 126 valence electrons. The molecule has 0 amide bonds. The maximum Gasteiger partial charge on any atom is 0.191 e. The van der Waals surface area contributed by atoms with Crippen LogP contribution >= 0.6 is 47.1 Å². The van der Waals surface area contributed by atoms with E-state index < -0.39 is 0 Å². The summed E-state index contributed by atoms with van der Waals surface area (Å²) in [4.78, 5) is 11.2. The van der Waals surface area contributed by atoms with Gasteiger partial charge in [-0.15, -0.1) is 47.1 Å². The van der Waals surface area contributed by atoms with E-state index in [1.54, 1.807) is 30.1 Å². The molecule has 2 aromatic rings. The van der Waals surface area contributed by atoms with Crippen LogP contribution in [0.15, 0.2) is 34.2 Å². The molecule has 0 aliphatic rings. The lowest BCUT2D eigenvalue weighted by molar-refractivity contribution is 0.811. The van der Waals surface area contributed by atoms with Crippen molar-refractivity contribution < 1.29 is 0 Å². The lowest BCUT2D eigenvalue weighted by Crippen LogP contribution is -2.36. The number of thioether (sulfide) groups is 1. The van der Waals surface area contributed by atoms with Gasteiger partial charge in [-0.25, -0.2) is 4.98 Å². The Morgan fingerprint density at radius 3 is 2.35 bits per heavy atom. The van der Waals surface area contributed by atoms with E-state index in [1.807, 2.05) is 13.8 Å². The summed E-state index contributed by atoms with van der Waals surface area (Å²) in [6, 6.07) is 8.56. The Kier molecular flexibility index (Phi) is 8.93. The van der Waals surface area contributed by atoms with Crippen molar-refractivity contribution in [2.24, 2.45) is 4.99 Å². The Hall–Kier alpha value is -0.800. The highest BCUT2D eigenvalue weighted by atomic mass is 127. The molecule has 23 heavy (non-hydrogen) atoms. The molecule has 0 spiro atoms. The maximum atomic E-state index is 4.44. The second-order valence-electron chi connectivity index (χ2n) is 4.87. The summed E-state index contributed by atoms with van der Waals surface area (Å²) >= 11 is 3.48. The molecular weight excluding hydrogens is 439 g/mol. The van der Waals surface area contributed by atoms with Crippen molar-refractivity contribution in [2.45, 2.75) is 31.8 Å². The summed E-state index contributed by atoms with van der Waals surface area (Å²) in [6.45, 7) is 5.59. The van der Waals surface area contributed by atoms with Gasteiger partial charge in [0.05, 0.1) is 17.2 Å². The van der Waals surface area contributed by atoms with Crippen molar-refractivity contribution in [3.05, 3.63) is 45.4 Å². The van der Waals surface area contributed by atoms with Crippen LogP contribution in [0.3, 0.4) is 0 Å². The standard InChI is InChI=1S/C16H22N4S2.HI/c1-11-15(22-12(2)20-11)10-19-16(17-3)18-9-13-5-7-14(21-4)8-6-13;/h5-8H,9-10H2,1-4H3,(H2,17,18,19);1H. The quantitative estimate of drug-likeness (QED) is 0.306. The van der Waals surface area contributed by atoms with Crippen LogP contribution in [0.4, 0.5) is 0 Å². The molecule has 0 aliphatic heterocycles. The molecule has 1 heterocycles. The van der Waals surface area contributed by atoms with Gasteiger partial charge in [0.15, 0.2) is 5.96 Å². The predicted octanol–water partition coefficient (Wildman–Crippen LogP) is 3.97. The van der Waals surface area contributed by atoms with E-state index in [-0.39, 0.29) is 24.0 Å². The zero-order valence-electron chi connectivity index (χ0n) is 13.8. The molecule has 0 atom stereocenters. The highest BCUT2D eigenvalue weighted by Gasteiger charge is 2.05. The Labute approximate surface area is 163 Å². The molecule has 0 unspecified atom stereocenters. The lowest BCUT2D eigenvalue weighted by Gasteiger charge is -2.11. The number of hydrogen-bond donors (Lipinski definition) is 2. The van der Waals surface area contributed by atoms with E-state index in [1.165, 1.54) is 15.3 Å². The van der Waals surface area contributed by atoms with Gasteiger partial charge in [-0.05, 0) is 37.8 Å². The Morgan fingerprint density at radius 1 is 1.17 bits per heavy atom. The van der Waals surface area contributed by atoms with Crippen LogP contribution in [0.25, 0.3) is 0 Å². The second kappa shape index (κ2) is 10.1. The van der Waals surface area contributed by atoms with Crippen molar-refractivity contribution in [3.63, 3.8) is 0 Å². The first-order chi connectivity index (χ1) is 10.6.